The fraction of sp³-hybridized carbons (Fsp3) is 0.667. The third kappa shape index (κ3) is 4.58. The number of aromatic nitrogens is 2. The first-order chi connectivity index (χ1) is 9.90. The predicted octanol–water partition coefficient (Wildman–Crippen LogP) is 2.28. The van der Waals surface area contributed by atoms with Gasteiger partial charge in [0.05, 0.1) is 0 Å². The molecule has 1 atom stereocenters. The molecule has 0 aliphatic carbocycles. The van der Waals surface area contributed by atoms with Crippen molar-refractivity contribution in [3.05, 3.63) is 11.4 Å². The molecule has 3 N–H and O–H groups in total. The zero-order chi connectivity index (χ0) is 16.0. The Kier molecular flexibility index (Phi) is 6.39. The smallest absolute Gasteiger partial charge is 0.242 e. The van der Waals surface area contributed by atoms with Crippen LogP contribution in [0.25, 0.3) is 0 Å². The molecule has 0 saturated carbocycles. The van der Waals surface area contributed by atoms with E-state index < -0.39 is 0 Å². The summed E-state index contributed by atoms with van der Waals surface area (Å²) in [7, 11) is 1.83. The number of hydrogen-bond donors (Lipinski definition) is 3. The van der Waals surface area contributed by atoms with Gasteiger partial charge in [0, 0.05) is 25.1 Å². The van der Waals surface area contributed by atoms with Gasteiger partial charge in [-0.2, -0.15) is 0 Å². The van der Waals surface area contributed by atoms with Crippen LogP contribution in [0.4, 0.5) is 11.6 Å². The molecule has 1 unspecified atom stereocenters. The normalized spacial score (nSPS) is 12.1. The Bertz CT molecular complexity index is 487. The third-order valence-electron chi connectivity index (χ3n) is 3.21. The first-order valence-corrected chi connectivity index (χ1v) is 7.51. The summed E-state index contributed by atoms with van der Waals surface area (Å²) in [6.07, 6.45) is 0.923. The second-order valence-electron chi connectivity index (χ2n) is 5.47. The molecule has 1 heterocycles. The Labute approximate surface area is 127 Å². The van der Waals surface area contributed by atoms with Crippen LogP contribution in [0.5, 0.6) is 0 Å². The van der Waals surface area contributed by atoms with Crippen LogP contribution in [-0.2, 0) is 4.79 Å². The fourth-order valence-corrected chi connectivity index (χ4v) is 1.85. The number of nitrogens with one attached hydrogen (secondary N) is 3. The Morgan fingerprint density at radius 3 is 2.33 bits per heavy atom. The van der Waals surface area contributed by atoms with Crippen LogP contribution in [0.3, 0.4) is 0 Å². The van der Waals surface area contributed by atoms with Crippen molar-refractivity contribution < 1.29 is 4.79 Å². The van der Waals surface area contributed by atoms with E-state index in [1.54, 1.807) is 0 Å². The average Bonchev–Trinajstić information content (AvgIpc) is 2.46. The minimum Gasteiger partial charge on any atom is -0.373 e. The number of carbonyl (C=O) groups excluding carboxylic acids is 1. The molecular formula is C15H27N5O. The summed E-state index contributed by atoms with van der Waals surface area (Å²) >= 11 is 0. The zero-order valence-electron chi connectivity index (χ0n) is 13.9. The highest BCUT2D eigenvalue weighted by molar-refractivity contribution is 5.84. The molecule has 0 aliphatic rings. The van der Waals surface area contributed by atoms with Crippen molar-refractivity contribution in [2.45, 2.75) is 53.0 Å². The molecule has 1 aromatic heterocycles. The molecule has 21 heavy (non-hydrogen) atoms. The topological polar surface area (TPSA) is 78.9 Å². The summed E-state index contributed by atoms with van der Waals surface area (Å²) < 4.78 is 0. The molecule has 0 fully saturated rings. The highest BCUT2D eigenvalue weighted by atomic mass is 16.2. The lowest BCUT2D eigenvalue weighted by molar-refractivity contribution is -0.121. The highest BCUT2D eigenvalue weighted by Crippen LogP contribution is 2.23. The minimum atomic E-state index is -0.338. The van der Waals surface area contributed by atoms with Gasteiger partial charge in [-0.15, -0.1) is 0 Å². The minimum absolute atomic E-state index is 0.0213. The van der Waals surface area contributed by atoms with Gasteiger partial charge in [0.25, 0.3) is 0 Å². The monoisotopic (exact) mass is 293 g/mol. The molecule has 0 spiro atoms. The van der Waals surface area contributed by atoms with Gasteiger partial charge >= 0.3 is 0 Å². The molecule has 0 saturated heterocycles. The summed E-state index contributed by atoms with van der Waals surface area (Å²) in [6.45, 7) is 10.6. The largest absolute Gasteiger partial charge is 0.373 e. The first-order valence-electron chi connectivity index (χ1n) is 7.51. The average molecular weight is 293 g/mol. The molecule has 6 heteroatoms. The van der Waals surface area contributed by atoms with Crippen LogP contribution < -0.4 is 16.0 Å². The Morgan fingerprint density at radius 1 is 1.19 bits per heavy atom. The maximum Gasteiger partial charge on any atom is 0.242 e. The van der Waals surface area contributed by atoms with E-state index in [1.807, 2.05) is 41.7 Å². The number of rotatable bonds is 7. The third-order valence-corrected chi connectivity index (χ3v) is 3.21. The quantitative estimate of drug-likeness (QED) is 0.719. The van der Waals surface area contributed by atoms with Crippen molar-refractivity contribution in [2.75, 3.05) is 24.2 Å². The van der Waals surface area contributed by atoms with Crippen LogP contribution in [-0.4, -0.2) is 35.5 Å². The van der Waals surface area contributed by atoms with Crippen molar-refractivity contribution in [1.82, 2.24) is 15.3 Å². The lowest BCUT2D eigenvalue weighted by Crippen LogP contribution is -2.38. The summed E-state index contributed by atoms with van der Waals surface area (Å²) in [6, 6.07) is -0.338. The van der Waals surface area contributed by atoms with E-state index in [9.17, 15) is 4.79 Å². The van der Waals surface area contributed by atoms with Crippen molar-refractivity contribution in [3.8, 4) is 0 Å². The van der Waals surface area contributed by atoms with Crippen molar-refractivity contribution in [2.24, 2.45) is 0 Å². The number of anilines is 2. The van der Waals surface area contributed by atoms with Gasteiger partial charge in [-0.05, 0) is 20.3 Å². The van der Waals surface area contributed by atoms with Gasteiger partial charge in [-0.1, -0.05) is 20.8 Å². The fourth-order valence-electron chi connectivity index (χ4n) is 1.85. The van der Waals surface area contributed by atoms with Crippen molar-refractivity contribution >= 4 is 17.5 Å². The maximum absolute atomic E-state index is 12.0. The van der Waals surface area contributed by atoms with Crippen LogP contribution in [0, 0.1) is 6.92 Å². The van der Waals surface area contributed by atoms with Crippen LogP contribution in [0.2, 0.25) is 0 Å². The van der Waals surface area contributed by atoms with Gasteiger partial charge in [-0.3, -0.25) is 4.79 Å². The predicted molar refractivity (Wildman–Crippen MR) is 86.8 cm³/mol. The Morgan fingerprint density at radius 2 is 1.81 bits per heavy atom. The molecule has 0 aliphatic heterocycles. The van der Waals surface area contributed by atoms with E-state index >= 15 is 0 Å². The van der Waals surface area contributed by atoms with Gasteiger partial charge in [0.15, 0.2) is 0 Å². The van der Waals surface area contributed by atoms with Crippen LogP contribution >= 0.6 is 0 Å². The number of amides is 1. The van der Waals surface area contributed by atoms with Crippen LogP contribution in [0.1, 0.15) is 51.4 Å². The van der Waals surface area contributed by atoms with Crippen molar-refractivity contribution in [3.63, 3.8) is 0 Å². The number of carbonyl (C=O) groups is 1. The highest BCUT2D eigenvalue weighted by Gasteiger charge is 2.17. The number of nitrogens with zero attached hydrogens (tertiary/aromatic N) is 2. The summed E-state index contributed by atoms with van der Waals surface area (Å²) in [5.74, 6) is 2.46. The lowest BCUT2D eigenvalue weighted by Gasteiger charge is -2.19. The molecular weight excluding hydrogens is 266 g/mol. The lowest BCUT2D eigenvalue weighted by atomic mass is 10.2. The SMILES string of the molecule is CCCNC(=O)C(C)Nc1nc(C(C)C)nc(NC)c1C. The molecule has 6 nitrogen and oxygen atoms in total. The number of hydrogen-bond acceptors (Lipinski definition) is 5. The first kappa shape index (κ1) is 17.2. The maximum atomic E-state index is 12.0. The van der Waals surface area contributed by atoms with Gasteiger partial charge < -0.3 is 16.0 Å². The Balaban J connectivity index is 2.96. The van der Waals surface area contributed by atoms with Crippen molar-refractivity contribution in [1.29, 1.82) is 0 Å². The molecule has 0 aromatic carbocycles. The van der Waals surface area contributed by atoms with E-state index in [4.69, 9.17) is 0 Å². The van der Waals surface area contributed by atoms with Gasteiger partial charge in [0.1, 0.15) is 23.5 Å². The van der Waals surface area contributed by atoms with Gasteiger partial charge in [0.2, 0.25) is 5.91 Å². The summed E-state index contributed by atoms with van der Waals surface area (Å²) in [4.78, 5) is 21.0. The Hall–Kier alpha value is -1.85. The standard InChI is InChI=1S/C15H27N5O/c1-7-8-17-15(21)11(5)18-14-10(4)13(16-6)19-12(20-14)9(2)3/h9,11H,7-8H2,1-6H3,(H,17,21)(H2,16,18,19,20). The second-order valence-corrected chi connectivity index (χ2v) is 5.47. The molecule has 0 radical (unpaired) electrons. The molecule has 0 bridgehead atoms. The zero-order valence-corrected chi connectivity index (χ0v) is 13.9. The summed E-state index contributed by atoms with van der Waals surface area (Å²) in [5.41, 5.74) is 0.914. The van der Waals surface area contributed by atoms with Gasteiger partial charge in [-0.25, -0.2) is 9.97 Å². The molecule has 1 rings (SSSR count). The molecule has 1 amide bonds. The van der Waals surface area contributed by atoms with E-state index in [-0.39, 0.29) is 17.9 Å². The molecule has 1 aromatic rings. The van der Waals surface area contributed by atoms with E-state index in [0.29, 0.717) is 12.4 Å². The summed E-state index contributed by atoms with van der Waals surface area (Å²) in [5, 5.41) is 9.14. The van der Waals surface area contributed by atoms with E-state index in [0.717, 1.165) is 23.6 Å². The van der Waals surface area contributed by atoms with Crippen LogP contribution in [0.15, 0.2) is 0 Å². The van der Waals surface area contributed by atoms with E-state index in [1.165, 1.54) is 0 Å². The second kappa shape index (κ2) is 7.81. The van der Waals surface area contributed by atoms with E-state index in [2.05, 4.69) is 25.9 Å². The molecule has 118 valence electrons.